The van der Waals surface area contributed by atoms with E-state index in [0.717, 1.165) is 0 Å². The molecule has 0 saturated carbocycles. The van der Waals surface area contributed by atoms with E-state index in [4.69, 9.17) is 4.74 Å². The van der Waals surface area contributed by atoms with Crippen LogP contribution in [0.2, 0.25) is 0 Å². The van der Waals surface area contributed by atoms with Crippen molar-refractivity contribution in [2.45, 2.75) is 25.6 Å². The summed E-state index contributed by atoms with van der Waals surface area (Å²) in [5.74, 6) is -2.09. The summed E-state index contributed by atoms with van der Waals surface area (Å²) < 4.78 is 5.44. The molecule has 0 fully saturated rings. The van der Waals surface area contributed by atoms with Crippen LogP contribution >= 0.6 is 0 Å². The molecule has 1 N–H and O–H groups in total. The molecular weight excluding hydrogens is 260 g/mol. The highest BCUT2D eigenvalue weighted by atomic mass is 16.5. The van der Waals surface area contributed by atoms with Gasteiger partial charge in [0.15, 0.2) is 11.9 Å². The molecule has 1 aliphatic heterocycles. The van der Waals surface area contributed by atoms with Crippen molar-refractivity contribution in [3.05, 3.63) is 46.7 Å². The van der Waals surface area contributed by atoms with E-state index in [1.54, 1.807) is 12.1 Å². The minimum absolute atomic E-state index is 0.167. The summed E-state index contributed by atoms with van der Waals surface area (Å²) in [5, 5.41) is 9.92. The molecule has 1 aromatic rings. The summed E-state index contributed by atoms with van der Waals surface area (Å²) in [7, 11) is 0. The van der Waals surface area contributed by atoms with Gasteiger partial charge in [-0.2, -0.15) is 0 Å². The van der Waals surface area contributed by atoms with E-state index < -0.39 is 29.1 Å². The Labute approximate surface area is 114 Å². The molecular formula is C15H12O5. The monoisotopic (exact) mass is 272 g/mol. The van der Waals surface area contributed by atoms with Crippen LogP contribution in [0.3, 0.4) is 0 Å². The topological polar surface area (TPSA) is 80.7 Å². The second kappa shape index (κ2) is 3.86. The minimum Gasteiger partial charge on any atom is -0.480 e. The van der Waals surface area contributed by atoms with Gasteiger partial charge in [-0.15, -0.1) is 0 Å². The van der Waals surface area contributed by atoms with Crippen LogP contribution in [0.25, 0.3) is 0 Å². The van der Waals surface area contributed by atoms with Crippen molar-refractivity contribution in [2.24, 2.45) is 0 Å². The smallest absolute Gasteiger partial charge is 0.229 e. The van der Waals surface area contributed by atoms with Gasteiger partial charge in [-0.05, 0) is 13.8 Å². The lowest BCUT2D eigenvalue weighted by atomic mass is 9.80. The Hall–Kier alpha value is -2.27. The predicted molar refractivity (Wildman–Crippen MR) is 68.3 cm³/mol. The number of benzene rings is 1. The molecule has 0 spiro atoms. The van der Waals surface area contributed by atoms with Crippen molar-refractivity contribution in [1.29, 1.82) is 0 Å². The second-order valence-electron chi connectivity index (χ2n) is 5.38. The predicted octanol–water partition coefficient (Wildman–Crippen LogP) is 1.06. The standard InChI is InChI=1S/C15H12O5/c1-15(2)14(19)12(18)9-10(16)7-5-3-4-6-8(7)11(17)13(9)20-15/h3-6,14,19H,1-2H3/t14-/m0/s1. The number of Topliss-reactive ketones (excluding diaryl/α,β-unsaturated/α-hetero) is 3. The maximum atomic E-state index is 12.4. The van der Waals surface area contributed by atoms with E-state index in [1.165, 1.54) is 26.0 Å². The number of aliphatic hydroxyl groups is 1. The van der Waals surface area contributed by atoms with Crippen LogP contribution in [0.15, 0.2) is 35.6 Å². The summed E-state index contributed by atoms with van der Waals surface area (Å²) >= 11 is 0. The third kappa shape index (κ3) is 1.50. The molecule has 0 radical (unpaired) electrons. The van der Waals surface area contributed by atoms with Crippen LogP contribution in [0.1, 0.15) is 34.6 Å². The van der Waals surface area contributed by atoms with E-state index in [9.17, 15) is 19.5 Å². The fourth-order valence-electron chi connectivity index (χ4n) is 2.45. The number of ketones is 3. The summed E-state index contributed by atoms with van der Waals surface area (Å²) in [6.45, 7) is 3.00. The third-order valence-electron chi connectivity index (χ3n) is 3.60. The van der Waals surface area contributed by atoms with Crippen molar-refractivity contribution in [1.82, 2.24) is 0 Å². The van der Waals surface area contributed by atoms with Crippen molar-refractivity contribution < 1.29 is 24.2 Å². The van der Waals surface area contributed by atoms with E-state index in [0.29, 0.717) is 0 Å². The molecule has 3 rings (SSSR count). The zero-order chi connectivity index (χ0) is 14.7. The first-order chi connectivity index (χ1) is 9.34. The Morgan fingerprint density at radius 2 is 1.60 bits per heavy atom. The zero-order valence-electron chi connectivity index (χ0n) is 11.0. The first-order valence-corrected chi connectivity index (χ1v) is 6.18. The fraction of sp³-hybridized carbons (Fsp3) is 0.267. The maximum Gasteiger partial charge on any atom is 0.229 e. The van der Waals surface area contributed by atoms with Gasteiger partial charge < -0.3 is 9.84 Å². The lowest BCUT2D eigenvalue weighted by molar-refractivity contribution is -0.142. The molecule has 0 bridgehead atoms. The number of allylic oxidation sites excluding steroid dienone is 1. The van der Waals surface area contributed by atoms with Gasteiger partial charge in [0.05, 0.1) is 0 Å². The first kappa shape index (κ1) is 12.7. The zero-order valence-corrected chi connectivity index (χ0v) is 11.0. The molecule has 1 heterocycles. The highest BCUT2D eigenvalue weighted by molar-refractivity contribution is 6.37. The van der Waals surface area contributed by atoms with Gasteiger partial charge in [0.2, 0.25) is 17.3 Å². The van der Waals surface area contributed by atoms with Crippen LogP contribution in [0.5, 0.6) is 0 Å². The number of ether oxygens (including phenoxy) is 1. The van der Waals surface area contributed by atoms with Crippen molar-refractivity contribution in [2.75, 3.05) is 0 Å². The highest BCUT2D eigenvalue weighted by Gasteiger charge is 2.50. The molecule has 2 aliphatic rings. The Kier molecular flexibility index (Phi) is 2.46. The number of hydrogen-bond acceptors (Lipinski definition) is 5. The number of rotatable bonds is 0. The van der Waals surface area contributed by atoms with Gasteiger partial charge in [-0.25, -0.2) is 0 Å². The molecule has 20 heavy (non-hydrogen) atoms. The molecule has 0 saturated heterocycles. The molecule has 5 nitrogen and oxygen atoms in total. The molecule has 1 atom stereocenters. The second-order valence-corrected chi connectivity index (χ2v) is 5.38. The van der Waals surface area contributed by atoms with Gasteiger partial charge in [-0.1, -0.05) is 24.3 Å². The molecule has 5 heteroatoms. The molecule has 1 aromatic carbocycles. The molecule has 0 unspecified atom stereocenters. The number of carbonyl (C=O) groups excluding carboxylic acids is 3. The van der Waals surface area contributed by atoms with Crippen LogP contribution in [0.4, 0.5) is 0 Å². The molecule has 0 amide bonds. The van der Waals surface area contributed by atoms with Gasteiger partial charge in [0.25, 0.3) is 0 Å². The Morgan fingerprint density at radius 3 is 2.20 bits per heavy atom. The van der Waals surface area contributed by atoms with Crippen molar-refractivity contribution in [3.8, 4) is 0 Å². The Bertz CT molecular complexity index is 696. The van der Waals surface area contributed by atoms with E-state index in [-0.39, 0.29) is 22.5 Å². The minimum atomic E-state index is -1.47. The Morgan fingerprint density at radius 1 is 1.05 bits per heavy atom. The lowest BCUT2D eigenvalue weighted by Gasteiger charge is -2.37. The first-order valence-electron chi connectivity index (χ1n) is 6.18. The summed E-state index contributed by atoms with van der Waals surface area (Å²) in [4.78, 5) is 36.9. The summed E-state index contributed by atoms with van der Waals surface area (Å²) in [6, 6.07) is 6.26. The van der Waals surface area contributed by atoms with Gasteiger partial charge in [0.1, 0.15) is 11.2 Å². The van der Waals surface area contributed by atoms with Gasteiger partial charge in [0, 0.05) is 11.1 Å². The highest BCUT2D eigenvalue weighted by Crippen LogP contribution is 2.36. The van der Waals surface area contributed by atoms with Crippen LogP contribution in [-0.4, -0.2) is 34.2 Å². The van der Waals surface area contributed by atoms with Crippen LogP contribution < -0.4 is 0 Å². The van der Waals surface area contributed by atoms with E-state index >= 15 is 0 Å². The number of hydrogen-bond donors (Lipinski definition) is 1. The maximum absolute atomic E-state index is 12.4. The van der Waals surface area contributed by atoms with E-state index in [1.807, 2.05) is 0 Å². The molecule has 0 aromatic heterocycles. The largest absolute Gasteiger partial charge is 0.480 e. The average molecular weight is 272 g/mol. The fourth-order valence-corrected chi connectivity index (χ4v) is 2.45. The lowest BCUT2D eigenvalue weighted by Crippen LogP contribution is -2.51. The quantitative estimate of drug-likeness (QED) is 0.714. The van der Waals surface area contributed by atoms with Crippen LogP contribution in [0, 0.1) is 0 Å². The van der Waals surface area contributed by atoms with Crippen molar-refractivity contribution >= 4 is 17.3 Å². The SMILES string of the molecule is CC1(C)OC2=C(C(=O)c3ccccc3C2=O)C(=O)[C@@H]1O. The average Bonchev–Trinajstić information content (AvgIpc) is 2.42. The normalized spacial score (nSPS) is 24.1. The molecule has 102 valence electrons. The number of fused-ring (bicyclic) bond motifs is 1. The van der Waals surface area contributed by atoms with Gasteiger partial charge >= 0.3 is 0 Å². The number of carbonyl (C=O) groups is 3. The number of aliphatic hydroxyl groups excluding tert-OH is 1. The summed E-state index contributed by atoms with van der Waals surface area (Å²) in [5.41, 5.74) is -1.20. The summed E-state index contributed by atoms with van der Waals surface area (Å²) in [6.07, 6.45) is -1.47. The van der Waals surface area contributed by atoms with Crippen LogP contribution in [-0.2, 0) is 9.53 Å². The molecule has 1 aliphatic carbocycles. The van der Waals surface area contributed by atoms with Gasteiger partial charge in [-0.3, -0.25) is 14.4 Å². The Balaban J connectivity index is 2.25. The van der Waals surface area contributed by atoms with Crippen molar-refractivity contribution in [3.63, 3.8) is 0 Å². The van der Waals surface area contributed by atoms with E-state index in [2.05, 4.69) is 0 Å². The third-order valence-corrected chi connectivity index (χ3v) is 3.60.